The van der Waals surface area contributed by atoms with Gasteiger partial charge in [-0.2, -0.15) is 0 Å². The molecule has 3 nitrogen and oxygen atoms in total. The van der Waals surface area contributed by atoms with Crippen LogP contribution in [0.1, 0.15) is 25.5 Å². The molecule has 19 heavy (non-hydrogen) atoms. The van der Waals surface area contributed by atoms with E-state index in [1.165, 1.54) is 5.56 Å². The van der Waals surface area contributed by atoms with E-state index in [1.54, 1.807) is 10.6 Å². The average Bonchev–Trinajstić information content (AvgIpc) is 2.41. The Hall–Kier alpha value is -1.55. The van der Waals surface area contributed by atoms with Crippen molar-refractivity contribution in [2.24, 2.45) is 0 Å². The maximum atomic E-state index is 11.5. The molecule has 100 valence electrons. The van der Waals surface area contributed by atoms with Gasteiger partial charge in [-0.1, -0.05) is 28.1 Å². The summed E-state index contributed by atoms with van der Waals surface area (Å²) in [6, 6.07) is 11.8. The SMILES string of the molecule is CCn1cc(NC(C)c2cccc(Br)c2)ccc1=O. The fraction of sp³-hybridized carbons (Fsp3) is 0.267. The van der Waals surface area contributed by atoms with Crippen LogP contribution >= 0.6 is 15.9 Å². The lowest BCUT2D eigenvalue weighted by Crippen LogP contribution is -2.18. The third-order valence-corrected chi connectivity index (χ3v) is 3.55. The van der Waals surface area contributed by atoms with Crippen molar-refractivity contribution < 1.29 is 0 Å². The zero-order valence-electron chi connectivity index (χ0n) is 11.1. The van der Waals surface area contributed by atoms with Gasteiger partial charge < -0.3 is 9.88 Å². The summed E-state index contributed by atoms with van der Waals surface area (Å²) in [5.41, 5.74) is 2.18. The van der Waals surface area contributed by atoms with Gasteiger partial charge in [-0.25, -0.2) is 0 Å². The van der Waals surface area contributed by atoms with Gasteiger partial charge in [0.15, 0.2) is 0 Å². The number of nitrogens with zero attached hydrogens (tertiary/aromatic N) is 1. The van der Waals surface area contributed by atoms with Crippen LogP contribution in [-0.4, -0.2) is 4.57 Å². The minimum Gasteiger partial charge on any atom is -0.377 e. The minimum atomic E-state index is 0.0307. The lowest BCUT2D eigenvalue weighted by atomic mass is 10.1. The zero-order chi connectivity index (χ0) is 13.8. The minimum absolute atomic E-state index is 0.0307. The number of rotatable bonds is 4. The highest BCUT2D eigenvalue weighted by Gasteiger charge is 2.06. The van der Waals surface area contributed by atoms with Gasteiger partial charge in [0, 0.05) is 29.3 Å². The Bertz CT molecular complexity index is 622. The molecule has 1 unspecified atom stereocenters. The number of hydrogen-bond donors (Lipinski definition) is 1. The molecule has 0 aliphatic heterocycles. The Morgan fingerprint density at radius 3 is 2.79 bits per heavy atom. The molecule has 0 fully saturated rings. The summed E-state index contributed by atoms with van der Waals surface area (Å²) in [6.45, 7) is 4.74. The first kappa shape index (κ1) is 13.9. The largest absolute Gasteiger partial charge is 0.377 e. The molecule has 1 N–H and O–H groups in total. The van der Waals surface area contributed by atoms with E-state index in [1.807, 2.05) is 31.3 Å². The van der Waals surface area contributed by atoms with Crippen molar-refractivity contribution in [2.75, 3.05) is 5.32 Å². The van der Waals surface area contributed by atoms with Gasteiger partial charge in [-0.05, 0) is 37.6 Å². The van der Waals surface area contributed by atoms with Crippen molar-refractivity contribution in [1.29, 1.82) is 0 Å². The highest BCUT2D eigenvalue weighted by molar-refractivity contribution is 9.10. The van der Waals surface area contributed by atoms with Gasteiger partial charge in [0.05, 0.1) is 5.69 Å². The maximum Gasteiger partial charge on any atom is 0.250 e. The smallest absolute Gasteiger partial charge is 0.250 e. The van der Waals surface area contributed by atoms with Gasteiger partial charge in [0.25, 0.3) is 5.56 Å². The third-order valence-electron chi connectivity index (χ3n) is 3.06. The van der Waals surface area contributed by atoms with E-state index in [9.17, 15) is 4.79 Å². The lowest BCUT2D eigenvalue weighted by molar-refractivity contribution is 0.725. The number of aryl methyl sites for hydroxylation is 1. The number of anilines is 1. The van der Waals surface area contributed by atoms with Crippen LogP contribution in [0, 0.1) is 0 Å². The van der Waals surface area contributed by atoms with Crippen LogP contribution in [0.2, 0.25) is 0 Å². The Kier molecular flexibility index (Phi) is 4.43. The van der Waals surface area contributed by atoms with E-state index < -0.39 is 0 Å². The molecule has 0 saturated heterocycles. The van der Waals surface area contributed by atoms with Crippen LogP contribution in [0.25, 0.3) is 0 Å². The number of aromatic nitrogens is 1. The number of halogens is 1. The molecule has 2 aromatic rings. The molecule has 1 aromatic heterocycles. The van der Waals surface area contributed by atoms with Crippen molar-refractivity contribution in [1.82, 2.24) is 4.57 Å². The van der Waals surface area contributed by atoms with Crippen molar-refractivity contribution >= 4 is 21.6 Å². The number of hydrogen-bond acceptors (Lipinski definition) is 2. The summed E-state index contributed by atoms with van der Waals surface area (Å²) in [4.78, 5) is 11.5. The Morgan fingerprint density at radius 2 is 2.11 bits per heavy atom. The molecule has 1 aromatic carbocycles. The predicted molar refractivity (Wildman–Crippen MR) is 82.6 cm³/mol. The predicted octanol–water partition coefficient (Wildman–Crippen LogP) is 3.80. The highest BCUT2D eigenvalue weighted by atomic mass is 79.9. The van der Waals surface area contributed by atoms with Crippen LogP contribution in [0.3, 0.4) is 0 Å². The average molecular weight is 321 g/mol. The number of benzene rings is 1. The lowest BCUT2D eigenvalue weighted by Gasteiger charge is -2.16. The van der Waals surface area contributed by atoms with Crippen molar-refractivity contribution in [3.63, 3.8) is 0 Å². The van der Waals surface area contributed by atoms with Gasteiger partial charge in [-0.3, -0.25) is 4.79 Å². The van der Waals surface area contributed by atoms with E-state index in [0.29, 0.717) is 6.54 Å². The van der Waals surface area contributed by atoms with E-state index in [2.05, 4.69) is 40.3 Å². The topological polar surface area (TPSA) is 34.0 Å². The normalized spacial score (nSPS) is 12.2. The third kappa shape index (κ3) is 3.47. The first-order valence-electron chi connectivity index (χ1n) is 6.32. The monoisotopic (exact) mass is 320 g/mol. The van der Waals surface area contributed by atoms with Crippen LogP contribution in [0.4, 0.5) is 5.69 Å². The first-order chi connectivity index (χ1) is 9.10. The molecular weight excluding hydrogens is 304 g/mol. The maximum absolute atomic E-state index is 11.5. The molecule has 0 bridgehead atoms. The fourth-order valence-electron chi connectivity index (χ4n) is 1.97. The second-order valence-electron chi connectivity index (χ2n) is 4.46. The highest BCUT2D eigenvalue weighted by Crippen LogP contribution is 2.21. The summed E-state index contributed by atoms with van der Waals surface area (Å²) in [5.74, 6) is 0. The molecule has 0 aliphatic carbocycles. The molecule has 0 saturated carbocycles. The van der Waals surface area contributed by atoms with Crippen LogP contribution in [0.5, 0.6) is 0 Å². The Labute approximate surface area is 121 Å². The second kappa shape index (κ2) is 6.06. The van der Waals surface area contributed by atoms with Crippen molar-refractivity contribution in [3.05, 3.63) is 63.0 Å². The number of pyridine rings is 1. The van der Waals surface area contributed by atoms with Gasteiger partial charge in [-0.15, -0.1) is 0 Å². The van der Waals surface area contributed by atoms with E-state index in [-0.39, 0.29) is 11.6 Å². The molecular formula is C15H17BrN2O. The van der Waals surface area contributed by atoms with Crippen LogP contribution < -0.4 is 10.9 Å². The van der Waals surface area contributed by atoms with Gasteiger partial charge in [0.1, 0.15) is 0 Å². The Morgan fingerprint density at radius 1 is 1.32 bits per heavy atom. The van der Waals surface area contributed by atoms with E-state index in [0.717, 1.165) is 10.2 Å². The molecule has 0 amide bonds. The van der Waals surface area contributed by atoms with E-state index in [4.69, 9.17) is 0 Å². The fourth-order valence-corrected chi connectivity index (χ4v) is 2.39. The molecule has 0 aliphatic rings. The molecule has 2 rings (SSSR count). The molecule has 4 heteroatoms. The van der Waals surface area contributed by atoms with Gasteiger partial charge in [0.2, 0.25) is 0 Å². The van der Waals surface area contributed by atoms with Crippen molar-refractivity contribution in [3.8, 4) is 0 Å². The molecule has 0 radical (unpaired) electrons. The molecule has 0 spiro atoms. The second-order valence-corrected chi connectivity index (χ2v) is 5.38. The van der Waals surface area contributed by atoms with E-state index >= 15 is 0 Å². The summed E-state index contributed by atoms with van der Waals surface area (Å²) in [6.07, 6.45) is 1.86. The molecule has 1 atom stereocenters. The Balaban J connectivity index is 2.19. The summed E-state index contributed by atoms with van der Waals surface area (Å²) >= 11 is 3.48. The summed E-state index contributed by atoms with van der Waals surface area (Å²) < 4.78 is 2.76. The summed E-state index contributed by atoms with van der Waals surface area (Å²) in [5, 5.41) is 3.41. The van der Waals surface area contributed by atoms with Gasteiger partial charge >= 0.3 is 0 Å². The first-order valence-corrected chi connectivity index (χ1v) is 7.12. The zero-order valence-corrected chi connectivity index (χ0v) is 12.6. The van der Waals surface area contributed by atoms with Crippen molar-refractivity contribution in [2.45, 2.75) is 26.4 Å². The van der Waals surface area contributed by atoms with Crippen LogP contribution in [0.15, 0.2) is 51.9 Å². The quantitative estimate of drug-likeness (QED) is 0.929. The molecule has 1 heterocycles. The standard InChI is InChI=1S/C15H17BrN2O/c1-3-18-10-14(7-8-15(18)19)17-11(2)12-5-4-6-13(16)9-12/h4-11,17H,3H2,1-2H3. The van der Waals surface area contributed by atoms with Crippen LogP contribution in [-0.2, 0) is 6.54 Å². The summed E-state index contributed by atoms with van der Waals surface area (Å²) in [7, 11) is 0. The number of nitrogens with one attached hydrogen (secondary N) is 1.